The van der Waals surface area contributed by atoms with Gasteiger partial charge in [-0.2, -0.15) is 0 Å². The van der Waals surface area contributed by atoms with E-state index in [1.165, 1.54) is 5.56 Å². The lowest BCUT2D eigenvalue weighted by molar-refractivity contribution is 0.389. The van der Waals surface area contributed by atoms with Gasteiger partial charge in [-0.05, 0) is 43.0 Å². The summed E-state index contributed by atoms with van der Waals surface area (Å²) >= 11 is 0. The summed E-state index contributed by atoms with van der Waals surface area (Å²) in [5.41, 5.74) is 2.50. The van der Waals surface area contributed by atoms with E-state index in [2.05, 4.69) is 65.0 Å². The zero-order chi connectivity index (χ0) is 23.7. The first-order chi connectivity index (χ1) is 16.0. The maximum Gasteiger partial charge on any atom is 0.192 e. The summed E-state index contributed by atoms with van der Waals surface area (Å²) in [6, 6.07) is 18.7. The average Bonchev–Trinajstić information content (AvgIpc) is 3.19. The molecule has 2 aromatic carbocycles. The summed E-state index contributed by atoms with van der Waals surface area (Å²) in [6.45, 7) is 8.35. The Bertz CT molecular complexity index is 1020. The average molecular weight is 449 g/mol. The van der Waals surface area contributed by atoms with Crippen molar-refractivity contribution in [1.29, 1.82) is 0 Å². The van der Waals surface area contributed by atoms with Crippen LogP contribution in [-0.2, 0) is 25.6 Å². The highest BCUT2D eigenvalue weighted by atomic mass is 16.5. The molecule has 0 unspecified atom stereocenters. The highest BCUT2D eigenvalue weighted by Crippen LogP contribution is 2.30. The first-order valence-corrected chi connectivity index (χ1v) is 11.6. The number of ether oxygens (including phenoxy) is 1. The maximum absolute atomic E-state index is 5.26. The molecule has 0 saturated carbocycles. The number of aryl methyl sites for hydroxylation is 1. The van der Waals surface area contributed by atoms with E-state index in [9.17, 15) is 0 Å². The highest BCUT2D eigenvalue weighted by molar-refractivity contribution is 5.79. The molecular weight excluding hydrogens is 412 g/mol. The molecule has 7 heteroatoms. The van der Waals surface area contributed by atoms with E-state index in [-0.39, 0.29) is 5.41 Å². The van der Waals surface area contributed by atoms with Crippen LogP contribution in [-0.4, -0.2) is 34.4 Å². The molecule has 176 valence electrons. The number of guanidine groups is 1. The predicted molar refractivity (Wildman–Crippen MR) is 133 cm³/mol. The molecule has 3 rings (SSSR count). The van der Waals surface area contributed by atoms with Gasteiger partial charge in [-0.1, -0.05) is 56.3 Å². The summed E-state index contributed by atoms with van der Waals surface area (Å²) < 4.78 is 7.25. The maximum atomic E-state index is 5.26. The molecule has 0 saturated heterocycles. The Balaban J connectivity index is 1.77. The van der Waals surface area contributed by atoms with Crippen molar-refractivity contribution in [2.75, 3.05) is 13.7 Å². The number of benzene rings is 2. The van der Waals surface area contributed by atoms with Gasteiger partial charge in [0, 0.05) is 19.0 Å². The molecule has 3 aromatic rings. The number of aliphatic imine (C=N–C) groups is 1. The van der Waals surface area contributed by atoms with E-state index in [1.807, 2.05) is 42.8 Å². The fourth-order valence-electron chi connectivity index (χ4n) is 3.90. The zero-order valence-electron chi connectivity index (χ0n) is 20.4. The standard InChI is InChI=1S/C26H36N6O/c1-6-26(7-2,22-11-9-8-10-12-22)19-29-25(28-18-24-31-30-20(3)32(24)4)27-17-21-13-15-23(33-5)16-14-21/h8-16H,6-7,17-19H2,1-5H3,(H2,27,28,29). The Morgan fingerprint density at radius 3 is 2.27 bits per heavy atom. The number of methoxy groups -OCH3 is 1. The lowest BCUT2D eigenvalue weighted by atomic mass is 9.76. The van der Waals surface area contributed by atoms with E-state index in [0.29, 0.717) is 13.1 Å². The molecule has 2 N–H and O–H groups in total. The summed E-state index contributed by atoms with van der Waals surface area (Å²) in [7, 11) is 3.65. The van der Waals surface area contributed by atoms with Gasteiger partial charge in [0.15, 0.2) is 11.8 Å². The number of hydrogen-bond acceptors (Lipinski definition) is 4. The first kappa shape index (κ1) is 24.3. The third kappa shape index (κ3) is 6.12. The molecule has 1 heterocycles. The van der Waals surface area contributed by atoms with Gasteiger partial charge in [0.1, 0.15) is 11.6 Å². The molecular formula is C26H36N6O. The quantitative estimate of drug-likeness (QED) is 0.360. The molecule has 0 amide bonds. The van der Waals surface area contributed by atoms with Crippen LogP contribution in [0.2, 0.25) is 0 Å². The normalized spacial score (nSPS) is 12.0. The number of aromatic nitrogens is 3. The lowest BCUT2D eigenvalue weighted by Crippen LogP contribution is -2.45. The van der Waals surface area contributed by atoms with Crippen LogP contribution in [0.15, 0.2) is 59.6 Å². The van der Waals surface area contributed by atoms with Crippen molar-refractivity contribution >= 4 is 5.96 Å². The van der Waals surface area contributed by atoms with Crippen molar-refractivity contribution in [3.05, 3.63) is 77.4 Å². The van der Waals surface area contributed by atoms with Crippen LogP contribution in [0.5, 0.6) is 5.75 Å². The van der Waals surface area contributed by atoms with Gasteiger partial charge in [-0.15, -0.1) is 10.2 Å². The third-order valence-electron chi connectivity index (χ3n) is 6.51. The van der Waals surface area contributed by atoms with Crippen molar-refractivity contribution in [3.63, 3.8) is 0 Å². The molecule has 0 atom stereocenters. The second-order valence-corrected chi connectivity index (χ2v) is 8.30. The second kappa shape index (κ2) is 11.5. The van der Waals surface area contributed by atoms with Crippen LogP contribution in [0, 0.1) is 6.92 Å². The predicted octanol–water partition coefficient (Wildman–Crippen LogP) is 4.13. The second-order valence-electron chi connectivity index (χ2n) is 8.30. The summed E-state index contributed by atoms with van der Waals surface area (Å²) in [4.78, 5) is 4.86. The smallest absolute Gasteiger partial charge is 0.192 e. The molecule has 0 spiro atoms. The summed E-state index contributed by atoms with van der Waals surface area (Å²) in [5, 5.41) is 15.5. The molecule has 7 nitrogen and oxygen atoms in total. The monoisotopic (exact) mass is 448 g/mol. The summed E-state index contributed by atoms with van der Waals surface area (Å²) in [5.74, 6) is 3.35. The Morgan fingerprint density at radius 1 is 1.00 bits per heavy atom. The summed E-state index contributed by atoms with van der Waals surface area (Å²) in [6.07, 6.45) is 2.07. The van der Waals surface area contributed by atoms with Gasteiger partial charge in [0.25, 0.3) is 0 Å². The molecule has 33 heavy (non-hydrogen) atoms. The lowest BCUT2D eigenvalue weighted by Gasteiger charge is -2.33. The minimum atomic E-state index is 0.0329. The number of nitrogens with one attached hydrogen (secondary N) is 2. The van der Waals surface area contributed by atoms with Gasteiger partial charge < -0.3 is 19.9 Å². The topological polar surface area (TPSA) is 76.4 Å². The van der Waals surface area contributed by atoms with Gasteiger partial charge >= 0.3 is 0 Å². The Labute approximate surface area is 197 Å². The van der Waals surface area contributed by atoms with Gasteiger partial charge in [-0.25, -0.2) is 4.99 Å². The van der Waals surface area contributed by atoms with E-state index in [0.717, 1.165) is 48.3 Å². The van der Waals surface area contributed by atoms with E-state index in [4.69, 9.17) is 9.73 Å². The van der Waals surface area contributed by atoms with Crippen molar-refractivity contribution in [2.45, 2.75) is 52.1 Å². The van der Waals surface area contributed by atoms with Crippen molar-refractivity contribution in [3.8, 4) is 5.75 Å². The van der Waals surface area contributed by atoms with Crippen LogP contribution in [0.4, 0.5) is 0 Å². The van der Waals surface area contributed by atoms with E-state index >= 15 is 0 Å². The van der Waals surface area contributed by atoms with Crippen LogP contribution < -0.4 is 15.4 Å². The Morgan fingerprint density at radius 2 is 1.70 bits per heavy atom. The molecule has 0 aliphatic rings. The molecule has 0 aliphatic heterocycles. The number of nitrogens with zero attached hydrogens (tertiary/aromatic N) is 4. The minimum Gasteiger partial charge on any atom is -0.497 e. The van der Waals surface area contributed by atoms with Crippen LogP contribution in [0.1, 0.15) is 49.5 Å². The first-order valence-electron chi connectivity index (χ1n) is 11.6. The van der Waals surface area contributed by atoms with Crippen LogP contribution in [0.25, 0.3) is 0 Å². The number of rotatable bonds is 10. The Hall–Kier alpha value is -3.35. The molecule has 0 radical (unpaired) electrons. The van der Waals surface area contributed by atoms with Gasteiger partial charge in [0.05, 0.1) is 20.2 Å². The van der Waals surface area contributed by atoms with Crippen molar-refractivity contribution in [1.82, 2.24) is 25.4 Å². The van der Waals surface area contributed by atoms with E-state index < -0.39 is 0 Å². The molecule has 0 aliphatic carbocycles. The number of hydrogen-bond donors (Lipinski definition) is 2. The molecule has 0 bridgehead atoms. The highest BCUT2D eigenvalue weighted by Gasteiger charge is 2.28. The largest absolute Gasteiger partial charge is 0.497 e. The van der Waals surface area contributed by atoms with Crippen molar-refractivity contribution in [2.24, 2.45) is 12.0 Å². The van der Waals surface area contributed by atoms with Crippen LogP contribution >= 0.6 is 0 Å². The van der Waals surface area contributed by atoms with Crippen molar-refractivity contribution < 1.29 is 4.74 Å². The zero-order valence-corrected chi connectivity index (χ0v) is 20.4. The SMILES string of the molecule is CCC(CC)(CNC(=NCc1ccc(OC)cc1)NCc1nnc(C)n1C)c1ccccc1. The fourth-order valence-corrected chi connectivity index (χ4v) is 3.90. The van der Waals surface area contributed by atoms with Crippen LogP contribution in [0.3, 0.4) is 0 Å². The Kier molecular flexibility index (Phi) is 8.46. The molecule has 0 fully saturated rings. The van der Waals surface area contributed by atoms with Gasteiger partial charge in [0.2, 0.25) is 0 Å². The molecule has 1 aromatic heterocycles. The van der Waals surface area contributed by atoms with E-state index in [1.54, 1.807) is 7.11 Å². The van der Waals surface area contributed by atoms with Gasteiger partial charge in [-0.3, -0.25) is 0 Å². The fraction of sp³-hybridized carbons (Fsp3) is 0.423. The third-order valence-corrected chi connectivity index (χ3v) is 6.51. The minimum absolute atomic E-state index is 0.0329.